The first-order chi connectivity index (χ1) is 10.1. The van der Waals surface area contributed by atoms with E-state index in [2.05, 4.69) is 9.88 Å². The van der Waals surface area contributed by atoms with Crippen molar-refractivity contribution in [2.24, 2.45) is 5.92 Å². The predicted octanol–water partition coefficient (Wildman–Crippen LogP) is 3.76. The molecule has 0 atom stereocenters. The van der Waals surface area contributed by atoms with Crippen molar-refractivity contribution in [3.63, 3.8) is 0 Å². The number of rotatable bonds is 3. The number of carboxylic acids is 1. The van der Waals surface area contributed by atoms with Gasteiger partial charge in [0.25, 0.3) is 0 Å². The fourth-order valence-corrected chi connectivity index (χ4v) is 3.63. The van der Waals surface area contributed by atoms with E-state index in [1.165, 1.54) is 0 Å². The van der Waals surface area contributed by atoms with Gasteiger partial charge in [-0.1, -0.05) is 29.8 Å². The van der Waals surface area contributed by atoms with Crippen molar-refractivity contribution in [2.45, 2.75) is 12.8 Å². The monoisotopic (exact) mass is 322 g/mol. The fourth-order valence-electron chi connectivity index (χ4n) is 2.52. The number of hydrogen-bond acceptors (Lipinski definition) is 4. The maximum Gasteiger partial charge on any atom is 0.306 e. The van der Waals surface area contributed by atoms with E-state index in [0.717, 1.165) is 29.5 Å². The molecule has 2 aromatic rings. The third kappa shape index (κ3) is 3.04. The molecule has 2 heterocycles. The molecule has 0 spiro atoms. The molecular weight excluding hydrogens is 308 g/mol. The predicted molar refractivity (Wildman–Crippen MR) is 85.1 cm³/mol. The number of benzene rings is 1. The second-order valence-electron chi connectivity index (χ2n) is 5.09. The van der Waals surface area contributed by atoms with Crippen molar-refractivity contribution in [3.05, 3.63) is 34.7 Å². The van der Waals surface area contributed by atoms with Crippen LogP contribution in [-0.4, -0.2) is 29.1 Å². The lowest BCUT2D eigenvalue weighted by molar-refractivity contribution is -0.142. The molecule has 1 saturated heterocycles. The molecule has 1 fully saturated rings. The zero-order chi connectivity index (χ0) is 14.8. The molecule has 1 aliphatic rings. The molecule has 0 amide bonds. The standard InChI is InChI=1S/C15H15ClN2O2S/c16-12-4-2-1-3-11(12)13-9-21-15(17-13)18-7-5-10(6-8-18)14(19)20/h1-4,9-10H,5-8H2,(H,19,20). The quantitative estimate of drug-likeness (QED) is 0.934. The van der Waals surface area contributed by atoms with Crippen LogP contribution in [0, 0.1) is 5.92 Å². The van der Waals surface area contributed by atoms with Gasteiger partial charge in [-0.05, 0) is 18.9 Å². The van der Waals surface area contributed by atoms with Gasteiger partial charge in [0.1, 0.15) is 0 Å². The van der Waals surface area contributed by atoms with Crippen LogP contribution in [0.15, 0.2) is 29.6 Å². The molecule has 0 aliphatic carbocycles. The lowest BCUT2D eigenvalue weighted by atomic mass is 9.98. The van der Waals surface area contributed by atoms with Crippen LogP contribution >= 0.6 is 22.9 Å². The third-order valence-corrected chi connectivity index (χ3v) is 4.99. The highest BCUT2D eigenvalue weighted by atomic mass is 35.5. The van der Waals surface area contributed by atoms with Crippen LogP contribution in [-0.2, 0) is 4.79 Å². The maximum atomic E-state index is 11.0. The summed E-state index contributed by atoms with van der Waals surface area (Å²) >= 11 is 7.77. The number of carboxylic acid groups (broad SMARTS) is 1. The molecule has 1 aromatic heterocycles. The molecule has 21 heavy (non-hydrogen) atoms. The van der Waals surface area contributed by atoms with Crippen LogP contribution in [0.25, 0.3) is 11.3 Å². The molecule has 6 heteroatoms. The van der Waals surface area contributed by atoms with Gasteiger partial charge in [-0.25, -0.2) is 4.98 Å². The zero-order valence-electron chi connectivity index (χ0n) is 11.3. The summed E-state index contributed by atoms with van der Waals surface area (Å²) in [6, 6.07) is 7.65. The van der Waals surface area contributed by atoms with Crippen molar-refractivity contribution in [1.82, 2.24) is 4.98 Å². The van der Waals surface area contributed by atoms with Gasteiger partial charge in [0.05, 0.1) is 11.6 Å². The minimum absolute atomic E-state index is 0.218. The number of aromatic nitrogens is 1. The third-order valence-electron chi connectivity index (χ3n) is 3.76. The van der Waals surface area contributed by atoms with Crippen LogP contribution in [0.5, 0.6) is 0 Å². The molecule has 3 rings (SSSR count). The normalized spacial score (nSPS) is 16.1. The zero-order valence-corrected chi connectivity index (χ0v) is 12.9. The molecule has 0 bridgehead atoms. The van der Waals surface area contributed by atoms with Gasteiger partial charge < -0.3 is 10.0 Å². The minimum atomic E-state index is -0.689. The minimum Gasteiger partial charge on any atom is -0.481 e. The highest BCUT2D eigenvalue weighted by Gasteiger charge is 2.25. The molecule has 1 aromatic carbocycles. The highest BCUT2D eigenvalue weighted by molar-refractivity contribution is 7.14. The van der Waals surface area contributed by atoms with Crippen molar-refractivity contribution < 1.29 is 9.90 Å². The Morgan fingerprint density at radius 2 is 2.05 bits per heavy atom. The number of halogens is 1. The first-order valence-corrected chi connectivity index (χ1v) is 8.09. The van der Waals surface area contributed by atoms with E-state index in [4.69, 9.17) is 16.7 Å². The molecule has 0 unspecified atom stereocenters. The summed E-state index contributed by atoms with van der Waals surface area (Å²) in [5.74, 6) is -0.908. The summed E-state index contributed by atoms with van der Waals surface area (Å²) in [6.07, 6.45) is 1.35. The maximum absolute atomic E-state index is 11.0. The number of nitrogens with zero attached hydrogens (tertiary/aromatic N) is 2. The molecule has 1 N–H and O–H groups in total. The SMILES string of the molecule is O=C(O)C1CCN(c2nc(-c3ccccc3Cl)cs2)CC1. The average Bonchev–Trinajstić information content (AvgIpc) is 2.97. The Bertz CT molecular complexity index is 651. The van der Waals surface area contributed by atoms with Gasteiger partial charge in [-0.3, -0.25) is 4.79 Å². The van der Waals surface area contributed by atoms with Crippen molar-refractivity contribution in [1.29, 1.82) is 0 Å². The smallest absolute Gasteiger partial charge is 0.306 e. The molecular formula is C15H15ClN2O2S. The second-order valence-corrected chi connectivity index (χ2v) is 6.34. The summed E-state index contributed by atoms with van der Waals surface area (Å²) in [5.41, 5.74) is 1.81. The van der Waals surface area contributed by atoms with Gasteiger partial charge in [0, 0.05) is 29.1 Å². The summed E-state index contributed by atoms with van der Waals surface area (Å²) < 4.78 is 0. The largest absolute Gasteiger partial charge is 0.481 e. The summed E-state index contributed by atoms with van der Waals surface area (Å²) in [4.78, 5) is 17.8. The van der Waals surface area contributed by atoms with E-state index in [0.29, 0.717) is 17.9 Å². The van der Waals surface area contributed by atoms with Crippen LogP contribution in [0.3, 0.4) is 0 Å². The van der Waals surface area contributed by atoms with Crippen LogP contribution in [0.1, 0.15) is 12.8 Å². The Kier molecular flexibility index (Phi) is 4.12. The van der Waals surface area contributed by atoms with Crippen molar-refractivity contribution in [3.8, 4) is 11.3 Å². The Morgan fingerprint density at radius 3 is 2.71 bits per heavy atom. The van der Waals surface area contributed by atoms with Crippen LogP contribution < -0.4 is 4.90 Å². The first-order valence-electron chi connectivity index (χ1n) is 6.83. The van der Waals surface area contributed by atoms with Crippen molar-refractivity contribution >= 4 is 34.0 Å². The van der Waals surface area contributed by atoms with E-state index in [1.54, 1.807) is 11.3 Å². The van der Waals surface area contributed by atoms with Gasteiger partial charge in [0.15, 0.2) is 5.13 Å². The molecule has 1 aliphatic heterocycles. The van der Waals surface area contributed by atoms with Gasteiger partial charge in [0.2, 0.25) is 0 Å². The number of hydrogen-bond donors (Lipinski definition) is 1. The van der Waals surface area contributed by atoms with Gasteiger partial charge >= 0.3 is 5.97 Å². The fraction of sp³-hybridized carbons (Fsp3) is 0.333. The molecule has 110 valence electrons. The van der Waals surface area contributed by atoms with E-state index >= 15 is 0 Å². The summed E-state index contributed by atoms with van der Waals surface area (Å²) in [6.45, 7) is 1.49. The lowest BCUT2D eigenvalue weighted by Crippen LogP contribution is -2.36. The molecule has 0 saturated carbocycles. The highest BCUT2D eigenvalue weighted by Crippen LogP contribution is 2.33. The second kappa shape index (κ2) is 6.03. The van der Waals surface area contributed by atoms with Gasteiger partial charge in [-0.2, -0.15) is 0 Å². The van der Waals surface area contributed by atoms with E-state index in [9.17, 15) is 4.79 Å². The number of carbonyl (C=O) groups is 1. The topological polar surface area (TPSA) is 53.4 Å². The number of anilines is 1. The number of thiazole rings is 1. The number of piperidine rings is 1. The summed E-state index contributed by atoms with van der Waals surface area (Å²) in [7, 11) is 0. The first kappa shape index (κ1) is 14.4. The van der Waals surface area contributed by atoms with Crippen molar-refractivity contribution in [2.75, 3.05) is 18.0 Å². The Hall–Kier alpha value is -1.59. The number of aliphatic carboxylic acids is 1. The lowest BCUT2D eigenvalue weighted by Gasteiger charge is -2.29. The average molecular weight is 323 g/mol. The van der Waals surface area contributed by atoms with Gasteiger partial charge in [-0.15, -0.1) is 11.3 Å². The van der Waals surface area contributed by atoms with Crippen LogP contribution in [0.2, 0.25) is 5.02 Å². The van der Waals surface area contributed by atoms with E-state index < -0.39 is 5.97 Å². The molecule has 0 radical (unpaired) electrons. The Labute approximate surface area is 132 Å². The summed E-state index contributed by atoms with van der Waals surface area (Å²) in [5, 5.41) is 12.7. The van der Waals surface area contributed by atoms with Crippen LogP contribution in [0.4, 0.5) is 5.13 Å². The Morgan fingerprint density at radius 1 is 1.33 bits per heavy atom. The van der Waals surface area contributed by atoms with E-state index in [1.807, 2.05) is 29.6 Å². The Balaban J connectivity index is 1.74. The van der Waals surface area contributed by atoms with E-state index in [-0.39, 0.29) is 5.92 Å². The molecule has 4 nitrogen and oxygen atoms in total.